The summed E-state index contributed by atoms with van der Waals surface area (Å²) in [5, 5.41) is 40.6. The van der Waals surface area contributed by atoms with Crippen LogP contribution in [0.5, 0.6) is 0 Å². The minimum atomic E-state index is -1.23. The van der Waals surface area contributed by atoms with Crippen molar-refractivity contribution in [1.29, 1.82) is 0 Å². The number of Topliss-reactive ketones (excluding diaryl/α,β-unsaturated/α-hetero) is 1. The number of aliphatic hydroxyl groups is 2. The molecule has 0 aromatic rings. The number of aliphatic hydroxyl groups excluding tert-OH is 2. The second-order valence-electron chi connectivity index (χ2n) is 11.6. The monoisotopic (exact) mass is 488 g/mol. The molecule has 5 aliphatic rings. The van der Waals surface area contributed by atoms with Gasteiger partial charge in [0.25, 0.3) is 0 Å². The Morgan fingerprint density at radius 1 is 1.09 bits per heavy atom. The molecule has 3 saturated carbocycles. The van der Waals surface area contributed by atoms with Crippen LogP contribution in [0.2, 0.25) is 0 Å². The van der Waals surface area contributed by atoms with Gasteiger partial charge < -0.3 is 25.2 Å². The maximum Gasteiger partial charge on any atom is 0.304 e. The SMILES string of the molecule is C[C@@H]1C[C@H]2[C@@H]3CCC4=C(O)C(=O)C=C(O)[C@]4(C)[C@@]34O[C@H]4C[C@]2(C)[C@@]1(CC(=O)O)C(=O)CCC(=O)O. The smallest absolute Gasteiger partial charge is 0.304 e. The van der Waals surface area contributed by atoms with Gasteiger partial charge in [-0.05, 0) is 61.3 Å². The number of allylic oxidation sites excluding steroid dienone is 1. The Hall–Kier alpha value is -2.68. The highest BCUT2D eigenvalue weighted by atomic mass is 16.6. The molecule has 0 radical (unpaired) electrons. The number of epoxide rings is 1. The van der Waals surface area contributed by atoms with E-state index in [2.05, 4.69) is 0 Å². The topological polar surface area (TPSA) is 162 Å². The summed E-state index contributed by atoms with van der Waals surface area (Å²) in [6, 6.07) is 0. The molecule has 1 heterocycles. The predicted molar refractivity (Wildman–Crippen MR) is 120 cm³/mol. The Balaban J connectivity index is 1.60. The number of carbonyl (C=O) groups excluding carboxylic acids is 2. The Bertz CT molecular complexity index is 1120. The van der Waals surface area contributed by atoms with Crippen molar-refractivity contribution in [1.82, 2.24) is 0 Å². The molecule has 4 N–H and O–H groups in total. The van der Waals surface area contributed by atoms with Crippen LogP contribution in [0, 0.1) is 34.0 Å². The first-order chi connectivity index (χ1) is 16.3. The number of ether oxygens (including phenoxy) is 1. The number of hydrogen-bond donors (Lipinski definition) is 4. The van der Waals surface area contributed by atoms with Gasteiger partial charge in [-0.3, -0.25) is 19.2 Å². The molecule has 4 aliphatic carbocycles. The van der Waals surface area contributed by atoms with Gasteiger partial charge >= 0.3 is 11.9 Å². The highest BCUT2D eigenvalue weighted by Gasteiger charge is 2.83. The highest BCUT2D eigenvalue weighted by Crippen LogP contribution is 2.79. The van der Waals surface area contributed by atoms with Crippen molar-refractivity contribution in [3.8, 4) is 0 Å². The molecule has 0 bridgehead atoms. The third-order valence-corrected chi connectivity index (χ3v) is 10.6. The van der Waals surface area contributed by atoms with Crippen LogP contribution in [0.25, 0.3) is 0 Å². The molecule has 0 unspecified atom stereocenters. The number of carboxylic acid groups (broad SMARTS) is 2. The summed E-state index contributed by atoms with van der Waals surface area (Å²) in [4.78, 5) is 49.2. The van der Waals surface area contributed by atoms with Crippen molar-refractivity contribution >= 4 is 23.5 Å². The van der Waals surface area contributed by atoms with Crippen molar-refractivity contribution in [2.45, 2.75) is 77.4 Å². The van der Waals surface area contributed by atoms with Crippen LogP contribution in [0.1, 0.15) is 65.7 Å². The van der Waals surface area contributed by atoms with E-state index >= 15 is 0 Å². The zero-order valence-corrected chi connectivity index (χ0v) is 20.2. The molecule has 9 heteroatoms. The van der Waals surface area contributed by atoms with Crippen molar-refractivity contribution < 1.29 is 44.3 Å². The molecule has 4 fully saturated rings. The van der Waals surface area contributed by atoms with E-state index in [9.17, 15) is 39.6 Å². The zero-order chi connectivity index (χ0) is 25.7. The van der Waals surface area contributed by atoms with E-state index in [1.807, 2.05) is 13.8 Å². The summed E-state index contributed by atoms with van der Waals surface area (Å²) in [6.45, 7) is 5.65. The van der Waals surface area contributed by atoms with E-state index in [0.717, 1.165) is 6.08 Å². The number of carbonyl (C=O) groups is 4. The molecule has 0 aromatic heterocycles. The van der Waals surface area contributed by atoms with Gasteiger partial charge in [0.05, 0.1) is 24.4 Å². The lowest BCUT2D eigenvalue weighted by atomic mass is 9.44. The summed E-state index contributed by atoms with van der Waals surface area (Å²) in [7, 11) is 0. The lowest BCUT2D eigenvalue weighted by molar-refractivity contribution is -0.157. The van der Waals surface area contributed by atoms with Crippen LogP contribution in [0.3, 0.4) is 0 Å². The van der Waals surface area contributed by atoms with Gasteiger partial charge in [-0.2, -0.15) is 0 Å². The standard InChI is InChI=1S/C26H32O9/c1-12-8-15-13-4-5-14-22(34)16(27)9-18(29)24(14,3)26(13)19(35-26)10-23(15,2)25(12,11-21(32)33)17(28)6-7-20(30)31/h9,12-13,15,19,29,34H,4-8,10-11H2,1-3H3,(H,30,31)(H,32,33)/t12-,13+,15+,19+,23+,24-,25-,26-/m1/s1. The Morgan fingerprint density at radius 3 is 2.40 bits per heavy atom. The quantitative estimate of drug-likeness (QED) is 0.411. The molecule has 1 spiro atoms. The van der Waals surface area contributed by atoms with Crippen LogP contribution >= 0.6 is 0 Å². The fraction of sp³-hybridized carbons (Fsp3) is 0.692. The van der Waals surface area contributed by atoms with Crippen LogP contribution < -0.4 is 0 Å². The summed E-state index contributed by atoms with van der Waals surface area (Å²) in [5.74, 6) is -4.11. The van der Waals surface area contributed by atoms with Crippen molar-refractivity contribution in [2.24, 2.45) is 34.0 Å². The number of aliphatic carboxylic acids is 2. The number of ketones is 2. The minimum Gasteiger partial charge on any atom is -0.511 e. The minimum absolute atomic E-state index is 0.102. The Kier molecular flexibility index (Phi) is 4.93. The number of hydrogen-bond acceptors (Lipinski definition) is 7. The average Bonchev–Trinajstić information content (AvgIpc) is 3.44. The number of fused-ring (bicyclic) bond motifs is 3. The van der Waals surface area contributed by atoms with Crippen LogP contribution in [0.4, 0.5) is 0 Å². The van der Waals surface area contributed by atoms with E-state index in [-0.39, 0.29) is 54.3 Å². The number of carboxylic acids is 2. The lowest BCUT2D eigenvalue weighted by Crippen LogP contribution is -2.60. The van der Waals surface area contributed by atoms with Gasteiger partial charge in [0.2, 0.25) is 5.78 Å². The normalized spacial score (nSPS) is 45.6. The van der Waals surface area contributed by atoms with Gasteiger partial charge in [-0.1, -0.05) is 13.8 Å². The molecule has 0 amide bonds. The summed E-state index contributed by atoms with van der Waals surface area (Å²) >= 11 is 0. The van der Waals surface area contributed by atoms with Crippen molar-refractivity contribution in [2.75, 3.05) is 0 Å². The average molecular weight is 489 g/mol. The third-order valence-electron chi connectivity index (χ3n) is 10.6. The van der Waals surface area contributed by atoms with E-state index in [1.165, 1.54) is 0 Å². The van der Waals surface area contributed by atoms with E-state index < -0.39 is 45.7 Å². The van der Waals surface area contributed by atoms with Gasteiger partial charge in [0, 0.05) is 17.9 Å². The first-order valence-electron chi connectivity index (χ1n) is 12.3. The molecule has 1 aliphatic heterocycles. The highest BCUT2D eigenvalue weighted by molar-refractivity contribution is 6.04. The Labute approximate surface area is 202 Å². The lowest BCUT2D eigenvalue weighted by Gasteiger charge is -2.57. The molecule has 5 rings (SSSR count). The number of rotatable bonds is 6. The van der Waals surface area contributed by atoms with Gasteiger partial charge in [0.15, 0.2) is 5.76 Å². The van der Waals surface area contributed by atoms with E-state index in [4.69, 9.17) is 4.74 Å². The van der Waals surface area contributed by atoms with E-state index in [0.29, 0.717) is 31.3 Å². The first kappa shape index (κ1) is 24.0. The molecule has 8 atom stereocenters. The largest absolute Gasteiger partial charge is 0.511 e. The molecule has 9 nitrogen and oxygen atoms in total. The Morgan fingerprint density at radius 2 is 1.77 bits per heavy atom. The second kappa shape index (κ2) is 7.18. The summed E-state index contributed by atoms with van der Waals surface area (Å²) in [5.41, 5.74) is -3.40. The maximum atomic E-state index is 13.7. The summed E-state index contributed by atoms with van der Waals surface area (Å²) < 4.78 is 6.40. The molecule has 1 saturated heterocycles. The van der Waals surface area contributed by atoms with Crippen LogP contribution in [0.15, 0.2) is 23.2 Å². The van der Waals surface area contributed by atoms with Crippen molar-refractivity contribution in [3.05, 3.63) is 23.2 Å². The van der Waals surface area contributed by atoms with E-state index in [1.54, 1.807) is 6.92 Å². The van der Waals surface area contributed by atoms with Gasteiger partial charge in [-0.15, -0.1) is 0 Å². The molecular weight excluding hydrogens is 456 g/mol. The fourth-order valence-electron chi connectivity index (χ4n) is 9.04. The fourth-order valence-corrected chi connectivity index (χ4v) is 9.04. The second-order valence-corrected chi connectivity index (χ2v) is 11.6. The van der Waals surface area contributed by atoms with Crippen LogP contribution in [-0.4, -0.2) is 55.6 Å². The third kappa shape index (κ3) is 2.68. The summed E-state index contributed by atoms with van der Waals surface area (Å²) in [6.07, 6.45) is 1.65. The molecular formula is C26H32O9. The maximum absolute atomic E-state index is 13.7. The molecule has 190 valence electrons. The van der Waals surface area contributed by atoms with Crippen molar-refractivity contribution in [3.63, 3.8) is 0 Å². The predicted octanol–water partition coefficient (Wildman–Crippen LogP) is 3.34. The van der Waals surface area contributed by atoms with Gasteiger partial charge in [-0.25, -0.2) is 0 Å². The molecule has 35 heavy (non-hydrogen) atoms. The van der Waals surface area contributed by atoms with Crippen LogP contribution in [-0.2, 0) is 23.9 Å². The molecule has 0 aromatic carbocycles. The zero-order valence-electron chi connectivity index (χ0n) is 20.2. The van der Waals surface area contributed by atoms with Gasteiger partial charge in [0.1, 0.15) is 17.1 Å². The first-order valence-corrected chi connectivity index (χ1v) is 12.3.